The molecule has 0 bridgehead atoms. The van der Waals surface area contributed by atoms with Gasteiger partial charge in [0.2, 0.25) is 5.75 Å². The molecule has 0 radical (unpaired) electrons. The van der Waals surface area contributed by atoms with Crippen molar-refractivity contribution >= 4 is 22.7 Å². The molecule has 0 fully saturated rings. The van der Waals surface area contributed by atoms with Crippen LogP contribution in [0.25, 0.3) is 17.0 Å². The van der Waals surface area contributed by atoms with E-state index in [0.717, 1.165) is 22.0 Å². The van der Waals surface area contributed by atoms with Crippen LogP contribution < -0.4 is 14.2 Å². The highest BCUT2D eigenvalue weighted by molar-refractivity contribution is 6.15. The summed E-state index contributed by atoms with van der Waals surface area (Å²) in [6, 6.07) is 11.8. The number of aromatic nitrogens is 1. The first-order valence-corrected chi connectivity index (χ1v) is 8.78. The van der Waals surface area contributed by atoms with Crippen molar-refractivity contribution in [3.8, 4) is 17.2 Å². The first kappa shape index (κ1) is 19.4. The standard InChI is InChI=1S/C22H24N2O4/c1-14(10-15-6-7-18-16(11-15)8-9-24(18)2)21(23-25)17-12-19(26-3)22(28-5)20(13-17)27-4/h6-13,25H,1-5H3/b14-10+,23-21-. The maximum atomic E-state index is 9.69. The number of hydrogen-bond acceptors (Lipinski definition) is 5. The number of methoxy groups -OCH3 is 3. The van der Waals surface area contributed by atoms with Gasteiger partial charge in [-0.25, -0.2) is 0 Å². The van der Waals surface area contributed by atoms with Crippen molar-refractivity contribution in [2.75, 3.05) is 21.3 Å². The van der Waals surface area contributed by atoms with Crippen LogP contribution in [0.2, 0.25) is 0 Å². The summed E-state index contributed by atoms with van der Waals surface area (Å²) in [7, 11) is 6.67. The van der Waals surface area contributed by atoms with Gasteiger partial charge >= 0.3 is 0 Å². The number of oxime groups is 1. The van der Waals surface area contributed by atoms with Gasteiger partial charge in [-0.15, -0.1) is 0 Å². The fourth-order valence-electron chi connectivity index (χ4n) is 3.29. The van der Waals surface area contributed by atoms with Gasteiger partial charge < -0.3 is 24.0 Å². The molecule has 0 aliphatic rings. The van der Waals surface area contributed by atoms with Crippen molar-refractivity contribution in [3.05, 3.63) is 59.3 Å². The minimum Gasteiger partial charge on any atom is -0.493 e. The first-order chi connectivity index (χ1) is 13.5. The van der Waals surface area contributed by atoms with E-state index in [1.807, 2.05) is 32.3 Å². The smallest absolute Gasteiger partial charge is 0.203 e. The van der Waals surface area contributed by atoms with Crippen LogP contribution in [0.5, 0.6) is 17.2 Å². The Labute approximate surface area is 164 Å². The molecule has 0 atom stereocenters. The Morgan fingerprint density at radius 2 is 1.68 bits per heavy atom. The van der Waals surface area contributed by atoms with Gasteiger partial charge in [-0.2, -0.15) is 0 Å². The van der Waals surface area contributed by atoms with Crippen LogP contribution in [-0.2, 0) is 7.05 Å². The van der Waals surface area contributed by atoms with Gasteiger partial charge in [0.15, 0.2) is 11.5 Å². The lowest BCUT2D eigenvalue weighted by atomic mass is 10.00. The molecule has 0 saturated carbocycles. The van der Waals surface area contributed by atoms with E-state index in [9.17, 15) is 5.21 Å². The summed E-state index contributed by atoms with van der Waals surface area (Å²) in [6.07, 6.45) is 4.01. The third-order valence-corrected chi connectivity index (χ3v) is 4.70. The van der Waals surface area contributed by atoms with Crippen molar-refractivity contribution in [2.24, 2.45) is 12.2 Å². The third kappa shape index (κ3) is 3.53. The van der Waals surface area contributed by atoms with E-state index in [-0.39, 0.29) is 0 Å². The number of benzene rings is 2. The third-order valence-electron chi connectivity index (χ3n) is 4.70. The molecule has 146 valence electrons. The van der Waals surface area contributed by atoms with E-state index >= 15 is 0 Å². The van der Waals surface area contributed by atoms with Crippen LogP contribution in [0.4, 0.5) is 0 Å². The average molecular weight is 380 g/mol. The van der Waals surface area contributed by atoms with Crippen molar-refractivity contribution in [2.45, 2.75) is 6.92 Å². The van der Waals surface area contributed by atoms with Gasteiger partial charge in [0.25, 0.3) is 0 Å². The number of aryl methyl sites for hydroxylation is 1. The van der Waals surface area contributed by atoms with E-state index in [1.165, 1.54) is 0 Å². The van der Waals surface area contributed by atoms with Crippen LogP contribution in [0.15, 0.2) is 53.3 Å². The second-order valence-electron chi connectivity index (χ2n) is 6.43. The zero-order valence-electron chi connectivity index (χ0n) is 16.7. The maximum Gasteiger partial charge on any atom is 0.203 e. The number of nitrogens with zero attached hydrogens (tertiary/aromatic N) is 2. The van der Waals surface area contributed by atoms with Crippen LogP contribution in [0.3, 0.4) is 0 Å². The zero-order valence-corrected chi connectivity index (χ0v) is 16.7. The summed E-state index contributed by atoms with van der Waals surface area (Å²) in [6.45, 7) is 1.90. The van der Waals surface area contributed by atoms with Gasteiger partial charge in [0.1, 0.15) is 5.71 Å². The lowest BCUT2D eigenvalue weighted by Crippen LogP contribution is -2.05. The van der Waals surface area contributed by atoms with Gasteiger partial charge in [0, 0.05) is 29.7 Å². The number of ether oxygens (including phenoxy) is 3. The van der Waals surface area contributed by atoms with E-state index < -0.39 is 0 Å². The number of rotatable bonds is 6. The SMILES string of the molecule is COc1cc(C(=N\O)/C(C)=C/c2ccc3c(ccn3C)c2)cc(OC)c1OC. The van der Waals surface area contributed by atoms with Gasteiger partial charge in [-0.1, -0.05) is 11.2 Å². The quantitative estimate of drug-likeness (QED) is 0.389. The van der Waals surface area contributed by atoms with Crippen LogP contribution in [0.1, 0.15) is 18.1 Å². The Morgan fingerprint density at radius 1 is 1.00 bits per heavy atom. The molecule has 0 spiro atoms. The summed E-state index contributed by atoms with van der Waals surface area (Å²) >= 11 is 0. The fraction of sp³-hybridized carbons (Fsp3) is 0.227. The molecule has 0 saturated heterocycles. The summed E-state index contributed by atoms with van der Waals surface area (Å²) < 4.78 is 18.2. The number of hydrogen-bond donors (Lipinski definition) is 1. The molecular weight excluding hydrogens is 356 g/mol. The Kier molecular flexibility index (Phi) is 5.59. The van der Waals surface area contributed by atoms with E-state index in [2.05, 4.69) is 27.9 Å². The molecular formula is C22H24N2O4. The van der Waals surface area contributed by atoms with Crippen molar-refractivity contribution < 1.29 is 19.4 Å². The zero-order chi connectivity index (χ0) is 20.3. The van der Waals surface area contributed by atoms with Crippen LogP contribution in [0, 0.1) is 0 Å². The maximum absolute atomic E-state index is 9.69. The molecule has 28 heavy (non-hydrogen) atoms. The summed E-state index contributed by atoms with van der Waals surface area (Å²) in [5.41, 5.74) is 4.06. The average Bonchev–Trinajstić information content (AvgIpc) is 3.07. The predicted octanol–water partition coefficient (Wildman–Crippen LogP) is 4.49. The molecule has 2 aromatic carbocycles. The minimum atomic E-state index is 0.424. The minimum absolute atomic E-state index is 0.424. The van der Waals surface area contributed by atoms with Gasteiger partial charge in [-0.05, 0) is 54.5 Å². The van der Waals surface area contributed by atoms with Crippen LogP contribution >= 0.6 is 0 Å². The Bertz CT molecular complexity index is 1040. The first-order valence-electron chi connectivity index (χ1n) is 8.78. The lowest BCUT2D eigenvalue weighted by Gasteiger charge is -2.15. The lowest BCUT2D eigenvalue weighted by molar-refractivity contribution is 0.318. The van der Waals surface area contributed by atoms with Crippen molar-refractivity contribution in [1.29, 1.82) is 0 Å². The molecule has 6 nitrogen and oxygen atoms in total. The predicted molar refractivity (Wildman–Crippen MR) is 111 cm³/mol. The normalized spacial score (nSPS) is 12.3. The largest absolute Gasteiger partial charge is 0.493 e. The number of fused-ring (bicyclic) bond motifs is 1. The Balaban J connectivity index is 2.03. The molecule has 1 N–H and O–H groups in total. The molecule has 0 amide bonds. The molecule has 0 aliphatic heterocycles. The Hall–Kier alpha value is -3.41. The molecule has 3 aromatic rings. The summed E-state index contributed by atoms with van der Waals surface area (Å²) in [5.74, 6) is 1.48. The summed E-state index contributed by atoms with van der Waals surface area (Å²) in [5, 5.41) is 14.4. The van der Waals surface area contributed by atoms with E-state index in [4.69, 9.17) is 14.2 Å². The van der Waals surface area contributed by atoms with E-state index in [1.54, 1.807) is 33.5 Å². The van der Waals surface area contributed by atoms with Crippen LogP contribution in [-0.4, -0.2) is 36.8 Å². The molecule has 0 unspecified atom stereocenters. The molecule has 3 rings (SSSR count). The molecule has 1 heterocycles. The molecule has 6 heteroatoms. The molecule has 1 aromatic heterocycles. The summed E-state index contributed by atoms with van der Waals surface area (Å²) in [4.78, 5) is 0. The monoisotopic (exact) mass is 380 g/mol. The topological polar surface area (TPSA) is 65.2 Å². The number of allylic oxidation sites excluding steroid dienone is 1. The molecule has 0 aliphatic carbocycles. The highest BCUT2D eigenvalue weighted by Crippen LogP contribution is 2.38. The second kappa shape index (κ2) is 8.08. The highest BCUT2D eigenvalue weighted by atomic mass is 16.5. The second-order valence-corrected chi connectivity index (χ2v) is 6.43. The fourth-order valence-corrected chi connectivity index (χ4v) is 3.29. The Morgan fingerprint density at radius 3 is 2.25 bits per heavy atom. The highest BCUT2D eigenvalue weighted by Gasteiger charge is 2.17. The van der Waals surface area contributed by atoms with Gasteiger partial charge in [0.05, 0.1) is 21.3 Å². The van der Waals surface area contributed by atoms with E-state index in [0.29, 0.717) is 28.5 Å². The van der Waals surface area contributed by atoms with Gasteiger partial charge in [-0.3, -0.25) is 0 Å². The van der Waals surface area contributed by atoms with Crippen molar-refractivity contribution in [3.63, 3.8) is 0 Å². The van der Waals surface area contributed by atoms with Crippen molar-refractivity contribution in [1.82, 2.24) is 4.57 Å².